The molecule has 0 heterocycles. The first-order chi connectivity index (χ1) is 7.79. The van der Waals surface area contributed by atoms with Gasteiger partial charge in [0.15, 0.2) is 0 Å². The number of benzene rings is 1. The number of ether oxygens (including phenoxy) is 1. The van der Waals surface area contributed by atoms with E-state index in [9.17, 15) is 0 Å². The summed E-state index contributed by atoms with van der Waals surface area (Å²) < 4.78 is 6.85. The molecule has 0 atom stereocenters. The van der Waals surface area contributed by atoms with Crippen LogP contribution in [0.25, 0.3) is 0 Å². The molecule has 2 rings (SSSR count). The summed E-state index contributed by atoms with van der Waals surface area (Å²) in [5.41, 5.74) is 3.94. The van der Waals surface area contributed by atoms with Crippen molar-refractivity contribution in [1.29, 1.82) is 0 Å². The van der Waals surface area contributed by atoms with Crippen LogP contribution in [-0.4, -0.2) is 13.7 Å². The lowest BCUT2D eigenvalue weighted by Crippen LogP contribution is -2.12. The average Bonchev–Trinajstić information content (AvgIpc) is 3.09. The third-order valence-corrected chi connectivity index (χ3v) is 3.09. The van der Waals surface area contributed by atoms with Crippen molar-refractivity contribution in [1.82, 2.24) is 5.48 Å². The van der Waals surface area contributed by atoms with Gasteiger partial charge in [-0.3, -0.25) is 0 Å². The number of rotatable bonds is 6. The lowest BCUT2D eigenvalue weighted by molar-refractivity contribution is 0.0859. The molecule has 0 saturated heterocycles. The maximum absolute atomic E-state index is 5.80. The van der Waals surface area contributed by atoms with Crippen LogP contribution in [0, 0.1) is 5.92 Å². The number of nitrogens with one attached hydrogen (secondary N) is 1. The Hall–Kier alpha value is -0.580. The first-order valence-electron chi connectivity index (χ1n) is 5.46. The number of hydrogen-bond donors (Lipinski definition) is 1. The highest BCUT2D eigenvalue weighted by Crippen LogP contribution is 2.31. The molecule has 0 unspecified atom stereocenters. The molecule has 1 aliphatic carbocycles. The fraction of sp³-hybridized carbons (Fsp3) is 0.500. The minimum absolute atomic E-state index is 0.649. The Kier molecular flexibility index (Phi) is 4.21. The van der Waals surface area contributed by atoms with Crippen LogP contribution in [-0.2, 0) is 11.4 Å². The van der Waals surface area contributed by atoms with Crippen LogP contribution in [0.4, 0.5) is 0 Å². The number of hydroxylamine groups is 1. The van der Waals surface area contributed by atoms with Gasteiger partial charge < -0.3 is 9.57 Å². The third-order valence-electron chi connectivity index (χ3n) is 2.60. The highest BCUT2D eigenvalue weighted by molar-refractivity contribution is 9.10. The fourth-order valence-corrected chi connectivity index (χ4v) is 1.88. The molecule has 1 aromatic rings. The molecule has 1 saturated carbocycles. The molecule has 1 N–H and O–H groups in total. The summed E-state index contributed by atoms with van der Waals surface area (Å²) in [6, 6.07) is 6.05. The van der Waals surface area contributed by atoms with Crippen molar-refractivity contribution in [2.45, 2.75) is 19.4 Å². The van der Waals surface area contributed by atoms with Crippen LogP contribution >= 0.6 is 15.9 Å². The van der Waals surface area contributed by atoms with E-state index in [1.165, 1.54) is 12.8 Å². The van der Waals surface area contributed by atoms with Gasteiger partial charge in [-0.15, -0.1) is 0 Å². The molecule has 0 aliphatic heterocycles. The van der Waals surface area contributed by atoms with E-state index in [0.29, 0.717) is 6.54 Å². The van der Waals surface area contributed by atoms with Gasteiger partial charge in [-0.2, -0.15) is 5.48 Å². The Morgan fingerprint density at radius 3 is 2.94 bits per heavy atom. The first-order valence-corrected chi connectivity index (χ1v) is 6.26. The summed E-state index contributed by atoms with van der Waals surface area (Å²) in [7, 11) is 1.61. The molecule has 1 aliphatic rings. The molecule has 0 aromatic heterocycles. The van der Waals surface area contributed by atoms with E-state index >= 15 is 0 Å². The fourth-order valence-electron chi connectivity index (χ4n) is 1.47. The van der Waals surface area contributed by atoms with E-state index in [2.05, 4.69) is 21.4 Å². The Bertz CT molecular complexity index is 353. The molecule has 4 heteroatoms. The zero-order chi connectivity index (χ0) is 11.4. The van der Waals surface area contributed by atoms with Crippen molar-refractivity contribution in [3.8, 4) is 5.75 Å². The molecular weight excluding hydrogens is 270 g/mol. The average molecular weight is 286 g/mol. The Morgan fingerprint density at radius 2 is 2.25 bits per heavy atom. The van der Waals surface area contributed by atoms with Crippen molar-refractivity contribution in [3.05, 3.63) is 28.2 Å². The predicted molar refractivity (Wildman–Crippen MR) is 66.2 cm³/mol. The highest BCUT2D eigenvalue weighted by atomic mass is 79.9. The topological polar surface area (TPSA) is 30.5 Å². The van der Waals surface area contributed by atoms with E-state index in [1.807, 2.05) is 18.2 Å². The van der Waals surface area contributed by atoms with Crippen molar-refractivity contribution in [2.24, 2.45) is 5.92 Å². The van der Waals surface area contributed by atoms with Crippen LogP contribution in [0.3, 0.4) is 0 Å². The minimum Gasteiger partial charge on any atom is -0.493 e. The lowest BCUT2D eigenvalue weighted by atomic mass is 10.2. The second kappa shape index (κ2) is 5.66. The van der Waals surface area contributed by atoms with Gasteiger partial charge in [-0.05, 0) is 37.0 Å². The largest absolute Gasteiger partial charge is 0.493 e. The van der Waals surface area contributed by atoms with Gasteiger partial charge in [0.25, 0.3) is 0 Å². The molecule has 0 amide bonds. The summed E-state index contributed by atoms with van der Waals surface area (Å²) in [4.78, 5) is 4.86. The van der Waals surface area contributed by atoms with Crippen LogP contribution in [0.5, 0.6) is 5.75 Å². The summed E-state index contributed by atoms with van der Waals surface area (Å²) in [5.74, 6) is 1.71. The summed E-state index contributed by atoms with van der Waals surface area (Å²) >= 11 is 3.46. The van der Waals surface area contributed by atoms with Crippen molar-refractivity contribution in [3.63, 3.8) is 0 Å². The van der Waals surface area contributed by atoms with E-state index in [4.69, 9.17) is 9.57 Å². The van der Waals surface area contributed by atoms with Crippen LogP contribution in [0.1, 0.15) is 18.4 Å². The third kappa shape index (κ3) is 3.47. The Balaban J connectivity index is 2.00. The molecule has 1 fully saturated rings. The smallest absolute Gasteiger partial charge is 0.123 e. The lowest BCUT2D eigenvalue weighted by Gasteiger charge is -2.11. The van der Waals surface area contributed by atoms with Gasteiger partial charge in [0.1, 0.15) is 5.75 Å². The van der Waals surface area contributed by atoms with Gasteiger partial charge in [0.2, 0.25) is 0 Å². The highest BCUT2D eigenvalue weighted by Gasteiger charge is 2.22. The van der Waals surface area contributed by atoms with Gasteiger partial charge in [-0.25, -0.2) is 0 Å². The maximum Gasteiger partial charge on any atom is 0.123 e. The second-order valence-corrected chi connectivity index (χ2v) is 4.95. The van der Waals surface area contributed by atoms with Gasteiger partial charge in [0, 0.05) is 16.6 Å². The normalized spacial score (nSPS) is 15.1. The van der Waals surface area contributed by atoms with Crippen molar-refractivity contribution >= 4 is 15.9 Å². The first kappa shape index (κ1) is 11.9. The van der Waals surface area contributed by atoms with E-state index in [-0.39, 0.29) is 0 Å². The number of halogens is 1. The van der Waals surface area contributed by atoms with Crippen LogP contribution in [0.2, 0.25) is 0 Å². The molecular formula is C12H16BrNO2. The zero-order valence-corrected chi connectivity index (χ0v) is 10.9. The Morgan fingerprint density at radius 1 is 1.44 bits per heavy atom. The second-order valence-electron chi connectivity index (χ2n) is 4.03. The molecule has 0 radical (unpaired) electrons. The van der Waals surface area contributed by atoms with E-state index in [1.54, 1.807) is 7.11 Å². The molecule has 3 nitrogen and oxygen atoms in total. The molecule has 16 heavy (non-hydrogen) atoms. The monoisotopic (exact) mass is 285 g/mol. The summed E-state index contributed by atoms with van der Waals surface area (Å²) in [6.45, 7) is 1.48. The summed E-state index contributed by atoms with van der Waals surface area (Å²) in [5, 5.41) is 0. The van der Waals surface area contributed by atoms with E-state index in [0.717, 1.165) is 28.3 Å². The van der Waals surface area contributed by atoms with Crippen molar-refractivity contribution in [2.75, 3.05) is 13.7 Å². The SMILES string of the molecule is CONCc1cc(Br)ccc1OCC1CC1. The molecule has 0 spiro atoms. The summed E-state index contributed by atoms with van der Waals surface area (Å²) in [6.07, 6.45) is 2.62. The van der Waals surface area contributed by atoms with E-state index < -0.39 is 0 Å². The van der Waals surface area contributed by atoms with Crippen molar-refractivity contribution < 1.29 is 9.57 Å². The van der Waals surface area contributed by atoms with Crippen LogP contribution < -0.4 is 10.2 Å². The van der Waals surface area contributed by atoms with Gasteiger partial charge in [-0.1, -0.05) is 15.9 Å². The zero-order valence-electron chi connectivity index (χ0n) is 9.33. The van der Waals surface area contributed by atoms with Gasteiger partial charge in [0.05, 0.1) is 13.7 Å². The molecule has 0 bridgehead atoms. The maximum atomic E-state index is 5.80. The quantitative estimate of drug-likeness (QED) is 0.816. The Labute approximate surface area is 104 Å². The van der Waals surface area contributed by atoms with Gasteiger partial charge >= 0.3 is 0 Å². The standard InChI is InChI=1S/C12H16BrNO2/c1-15-14-7-10-6-11(13)4-5-12(10)16-8-9-2-3-9/h4-6,9,14H,2-3,7-8H2,1H3. The molecule has 88 valence electrons. The molecule has 1 aromatic carbocycles. The predicted octanol–water partition coefficient (Wildman–Crippen LogP) is 2.89. The number of hydrogen-bond acceptors (Lipinski definition) is 3. The van der Waals surface area contributed by atoms with Crippen LogP contribution in [0.15, 0.2) is 22.7 Å². The minimum atomic E-state index is 0.649.